The maximum atomic E-state index is 10.8. The van der Waals surface area contributed by atoms with Gasteiger partial charge in [0.05, 0.1) is 4.92 Å². The molecule has 0 bridgehead atoms. The SMILES string of the molecule is CC(C)C(C)Sc1nc(Cl)ccc1[N+](=O)[O-]. The molecule has 88 valence electrons. The molecule has 0 aromatic carbocycles. The molecule has 1 aromatic heterocycles. The van der Waals surface area contributed by atoms with Gasteiger partial charge in [0, 0.05) is 11.3 Å². The van der Waals surface area contributed by atoms with Crippen LogP contribution in [0.2, 0.25) is 5.15 Å². The van der Waals surface area contributed by atoms with Crippen LogP contribution in [0.3, 0.4) is 0 Å². The van der Waals surface area contributed by atoms with Crippen molar-refractivity contribution in [2.24, 2.45) is 5.92 Å². The Kier molecular flexibility index (Phi) is 4.56. The van der Waals surface area contributed by atoms with Crippen molar-refractivity contribution in [1.82, 2.24) is 4.98 Å². The number of hydrogen-bond acceptors (Lipinski definition) is 4. The number of hydrogen-bond donors (Lipinski definition) is 0. The van der Waals surface area contributed by atoms with Gasteiger partial charge in [-0.05, 0) is 12.0 Å². The number of rotatable bonds is 4. The second-order valence-corrected chi connectivity index (χ2v) is 5.54. The van der Waals surface area contributed by atoms with E-state index in [4.69, 9.17) is 11.6 Å². The van der Waals surface area contributed by atoms with Crippen LogP contribution in [0.15, 0.2) is 17.2 Å². The lowest BCUT2D eigenvalue weighted by Crippen LogP contribution is -2.06. The van der Waals surface area contributed by atoms with Gasteiger partial charge in [0.25, 0.3) is 0 Å². The summed E-state index contributed by atoms with van der Waals surface area (Å²) in [5.41, 5.74) is 0.0156. The summed E-state index contributed by atoms with van der Waals surface area (Å²) in [5.74, 6) is 0.422. The summed E-state index contributed by atoms with van der Waals surface area (Å²) in [6.07, 6.45) is 0. The first-order chi connectivity index (χ1) is 7.41. The zero-order valence-electron chi connectivity index (χ0n) is 9.31. The third-order valence-corrected chi connectivity index (χ3v) is 3.89. The van der Waals surface area contributed by atoms with E-state index < -0.39 is 4.92 Å². The van der Waals surface area contributed by atoms with Crippen LogP contribution in [0, 0.1) is 16.0 Å². The summed E-state index contributed by atoms with van der Waals surface area (Å²) in [7, 11) is 0. The summed E-state index contributed by atoms with van der Waals surface area (Å²) in [4.78, 5) is 14.4. The van der Waals surface area contributed by atoms with Gasteiger partial charge in [-0.3, -0.25) is 10.1 Å². The highest BCUT2D eigenvalue weighted by molar-refractivity contribution is 8.00. The van der Waals surface area contributed by atoms with Crippen molar-refractivity contribution in [3.05, 3.63) is 27.4 Å². The minimum absolute atomic E-state index is 0.0156. The Morgan fingerprint density at radius 2 is 2.06 bits per heavy atom. The number of thioether (sulfide) groups is 1. The fourth-order valence-electron chi connectivity index (χ4n) is 0.948. The molecule has 16 heavy (non-hydrogen) atoms. The predicted octanol–water partition coefficient (Wildman–Crippen LogP) is 3.78. The highest BCUT2D eigenvalue weighted by Crippen LogP contribution is 2.33. The fourth-order valence-corrected chi connectivity index (χ4v) is 2.18. The third kappa shape index (κ3) is 3.35. The summed E-state index contributed by atoms with van der Waals surface area (Å²) < 4.78 is 0. The van der Waals surface area contributed by atoms with Crippen molar-refractivity contribution >= 4 is 29.1 Å². The first-order valence-corrected chi connectivity index (χ1v) is 6.15. The molecule has 0 fully saturated rings. The average molecular weight is 261 g/mol. The second kappa shape index (κ2) is 5.50. The van der Waals surface area contributed by atoms with E-state index >= 15 is 0 Å². The van der Waals surface area contributed by atoms with E-state index in [1.165, 1.54) is 23.9 Å². The first kappa shape index (κ1) is 13.3. The molecule has 0 saturated heterocycles. The van der Waals surface area contributed by atoms with Crippen molar-refractivity contribution in [2.45, 2.75) is 31.0 Å². The van der Waals surface area contributed by atoms with Gasteiger partial charge in [-0.2, -0.15) is 0 Å². The monoisotopic (exact) mass is 260 g/mol. The molecule has 0 aliphatic carbocycles. The Morgan fingerprint density at radius 3 is 2.56 bits per heavy atom. The lowest BCUT2D eigenvalue weighted by molar-refractivity contribution is -0.388. The van der Waals surface area contributed by atoms with Crippen molar-refractivity contribution in [3.8, 4) is 0 Å². The van der Waals surface area contributed by atoms with Gasteiger partial charge in [-0.15, -0.1) is 0 Å². The van der Waals surface area contributed by atoms with Crippen LogP contribution in [-0.4, -0.2) is 15.2 Å². The quantitative estimate of drug-likeness (QED) is 0.358. The van der Waals surface area contributed by atoms with Gasteiger partial charge in [0.2, 0.25) is 0 Å². The minimum Gasteiger partial charge on any atom is -0.258 e. The molecule has 0 aliphatic rings. The highest BCUT2D eigenvalue weighted by atomic mass is 35.5. The van der Waals surface area contributed by atoms with Crippen LogP contribution >= 0.6 is 23.4 Å². The van der Waals surface area contributed by atoms with Crippen LogP contribution in [0.25, 0.3) is 0 Å². The van der Waals surface area contributed by atoms with Crippen molar-refractivity contribution in [3.63, 3.8) is 0 Å². The van der Waals surface area contributed by atoms with Gasteiger partial charge in [-0.25, -0.2) is 4.98 Å². The normalized spacial score (nSPS) is 12.8. The van der Waals surface area contributed by atoms with Crippen LogP contribution in [0.5, 0.6) is 0 Å². The summed E-state index contributed by atoms with van der Waals surface area (Å²) in [5, 5.41) is 11.7. The minimum atomic E-state index is -0.432. The number of aromatic nitrogens is 1. The second-order valence-electron chi connectivity index (χ2n) is 3.78. The number of nitrogens with zero attached hydrogens (tertiary/aromatic N) is 2. The number of pyridine rings is 1. The van der Waals surface area contributed by atoms with E-state index in [0.29, 0.717) is 10.9 Å². The lowest BCUT2D eigenvalue weighted by Gasteiger charge is -2.14. The standard InChI is InChI=1S/C10H13ClN2O2S/c1-6(2)7(3)16-10-8(13(14)15)4-5-9(11)12-10/h4-7H,1-3H3. The molecule has 4 nitrogen and oxygen atoms in total. The zero-order chi connectivity index (χ0) is 12.3. The van der Waals surface area contributed by atoms with E-state index in [9.17, 15) is 10.1 Å². The van der Waals surface area contributed by atoms with E-state index in [1.54, 1.807) is 0 Å². The number of nitro groups is 1. The summed E-state index contributed by atoms with van der Waals surface area (Å²) in [6.45, 7) is 6.14. The van der Waals surface area contributed by atoms with Crippen LogP contribution in [0.1, 0.15) is 20.8 Å². The Bertz CT molecular complexity index is 398. The maximum absolute atomic E-state index is 10.8. The van der Waals surface area contributed by atoms with Gasteiger partial charge in [-0.1, -0.05) is 44.1 Å². The molecule has 1 aromatic rings. The fraction of sp³-hybridized carbons (Fsp3) is 0.500. The van der Waals surface area contributed by atoms with E-state index in [2.05, 4.69) is 18.8 Å². The number of halogens is 1. The highest BCUT2D eigenvalue weighted by Gasteiger charge is 2.20. The molecule has 0 saturated carbocycles. The molecule has 1 unspecified atom stereocenters. The Balaban J connectivity index is 3.01. The van der Waals surface area contributed by atoms with E-state index in [1.807, 2.05) is 6.92 Å². The third-order valence-electron chi connectivity index (χ3n) is 2.24. The van der Waals surface area contributed by atoms with Gasteiger partial charge in [0.1, 0.15) is 5.15 Å². The Labute approximate surface area is 104 Å². The van der Waals surface area contributed by atoms with Crippen molar-refractivity contribution in [2.75, 3.05) is 0 Å². The van der Waals surface area contributed by atoms with Gasteiger partial charge in [0.15, 0.2) is 5.03 Å². The van der Waals surface area contributed by atoms with Crippen LogP contribution in [-0.2, 0) is 0 Å². The Morgan fingerprint density at radius 1 is 1.44 bits per heavy atom. The molecule has 0 N–H and O–H groups in total. The molecule has 0 spiro atoms. The molecule has 0 amide bonds. The van der Waals surface area contributed by atoms with Crippen molar-refractivity contribution < 1.29 is 4.92 Å². The van der Waals surface area contributed by atoms with Gasteiger partial charge >= 0.3 is 5.69 Å². The molecule has 6 heteroatoms. The predicted molar refractivity (Wildman–Crippen MR) is 66.1 cm³/mol. The molecular formula is C10H13ClN2O2S. The van der Waals surface area contributed by atoms with Gasteiger partial charge < -0.3 is 0 Å². The smallest absolute Gasteiger partial charge is 0.258 e. The lowest BCUT2D eigenvalue weighted by atomic mass is 10.2. The van der Waals surface area contributed by atoms with Crippen molar-refractivity contribution in [1.29, 1.82) is 0 Å². The summed E-state index contributed by atoms with van der Waals surface area (Å²) >= 11 is 7.12. The Hall–Kier alpha value is -0.810. The largest absolute Gasteiger partial charge is 0.301 e. The van der Waals surface area contributed by atoms with E-state index in [-0.39, 0.29) is 16.1 Å². The average Bonchev–Trinajstić information content (AvgIpc) is 2.16. The van der Waals surface area contributed by atoms with Crippen LogP contribution < -0.4 is 0 Å². The topological polar surface area (TPSA) is 56.0 Å². The molecular weight excluding hydrogens is 248 g/mol. The first-order valence-electron chi connectivity index (χ1n) is 4.89. The van der Waals surface area contributed by atoms with E-state index in [0.717, 1.165) is 0 Å². The molecule has 0 radical (unpaired) electrons. The van der Waals surface area contributed by atoms with Crippen LogP contribution in [0.4, 0.5) is 5.69 Å². The molecule has 1 heterocycles. The zero-order valence-corrected chi connectivity index (χ0v) is 10.9. The molecule has 1 atom stereocenters. The molecule has 0 aliphatic heterocycles. The maximum Gasteiger partial charge on any atom is 0.301 e. The molecule has 1 rings (SSSR count). The summed E-state index contributed by atoms with van der Waals surface area (Å²) in [6, 6.07) is 2.83.